The molecule has 0 heterocycles. The van der Waals surface area contributed by atoms with Gasteiger partial charge in [0, 0.05) is 18.8 Å². The number of nitrogen functional groups attached to an aromatic ring is 1. The molecule has 1 rings (SSSR count). The van der Waals surface area contributed by atoms with E-state index in [-0.39, 0.29) is 17.2 Å². The second kappa shape index (κ2) is 5.90. The van der Waals surface area contributed by atoms with Crippen molar-refractivity contribution in [1.82, 2.24) is 5.32 Å². The predicted octanol–water partition coefficient (Wildman–Crippen LogP) is 0.569. The largest absolute Gasteiger partial charge is 0.480 e. The highest BCUT2D eigenvalue weighted by Crippen LogP contribution is 2.23. The number of hydrogen-bond donors (Lipinski definition) is 2. The number of carbonyl (C=O) groups excluding carboxylic acids is 2. The van der Waals surface area contributed by atoms with E-state index in [0.29, 0.717) is 5.69 Å². The summed E-state index contributed by atoms with van der Waals surface area (Å²) in [7, 11) is 2.77. The fraction of sp³-hybridized carbons (Fsp3) is 0.333. The third kappa shape index (κ3) is 3.13. The maximum atomic E-state index is 11.5. The van der Waals surface area contributed by atoms with Gasteiger partial charge in [0.15, 0.2) is 6.10 Å². The Morgan fingerprint density at radius 2 is 2.06 bits per heavy atom. The van der Waals surface area contributed by atoms with E-state index >= 15 is 0 Å². The molecule has 0 fully saturated rings. The van der Waals surface area contributed by atoms with Gasteiger partial charge in [-0.2, -0.15) is 0 Å². The monoisotopic (exact) mass is 252 g/mol. The molecule has 1 aromatic carbocycles. The zero-order chi connectivity index (χ0) is 13.7. The van der Waals surface area contributed by atoms with Gasteiger partial charge >= 0.3 is 5.97 Å². The predicted molar refractivity (Wildman–Crippen MR) is 66.4 cm³/mol. The molecular formula is C12H16N2O4. The fourth-order valence-corrected chi connectivity index (χ4v) is 1.36. The smallest absolute Gasteiger partial charge is 0.341 e. The molecule has 98 valence electrons. The maximum absolute atomic E-state index is 11.5. The standard InChI is InChI=1S/C12H16N2O4/c1-7(11(15)14-2)18-10-6-8(13)4-5-9(10)12(16)17-3/h4-7H,13H2,1-3H3,(H,14,15). The van der Waals surface area contributed by atoms with Gasteiger partial charge in [0.25, 0.3) is 5.91 Å². The number of rotatable bonds is 4. The van der Waals surface area contributed by atoms with Crippen LogP contribution in [0.5, 0.6) is 5.75 Å². The molecule has 6 nitrogen and oxygen atoms in total. The van der Waals surface area contributed by atoms with E-state index in [0.717, 1.165) is 0 Å². The van der Waals surface area contributed by atoms with Crippen molar-refractivity contribution in [2.45, 2.75) is 13.0 Å². The summed E-state index contributed by atoms with van der Waals surface area (Å²) in [4.78, 5) is 22.9. The summed E-state index contributed by atoms with van der Waals surface area (Å²) in [5, 5.41) is 2.45. The molecule has 18 heavy (non-hydrogen) atoms. The summed E-state index contributed by atoms with van der Waals surface area (Å²) in [6.45, 7) is 1.57. The van der Waals surface area contributed by atoms with E-state index in [2.05, 4.69) is 10.1 Å². The Balaban J connectivity index is 3.02. The van der Waals surface area contributed by atoms with Gasteiger partial charge in [-0.1, -0.05) is 0 Å². The molecule has 1 unspecified atom stereocenters. The lowest BCUT2D eigenvalue weighted by Crippen LogP contribution is -2.34. The van der Waals surface area contributed by atoms with Crippen LogP contribution in [-0.2, 0) is 9.53 Å². The zero-order valence-electron chi connectivity index (χ0n) is 10.5. The molecule has 0 aliphatic heterocycles. The number of carbonyl (C=O) groups is 2. The van der Waals surface area contributed by atoms with Crippen molar-refractivity contribution >= 4 is 17.6 Å². The Hall–Kier alpha value is -2.24. The highest BCUT2D eigenvalue weighted by atomic mass is 16.5. The van der Waals surface area contributed by atoms with E-state index in [1.54, 1.807) is 13.0 Å². The SMILES string of the molecule is CNC(=O)C(C)Oc1cc(N)ccc1C(=O)OC. The number of nitrogens with one attached hydrogen (secondary N) is 1. The molecule has 6 heteroatoms. The van der Waals surface area contributed by atoms with Crippen molar-refractivity contribution < 1.29 is 19.1 Å². The van der Waals surface area contributed by atoms with Crippen LogP contribution < -0.4 is 15.8 Å². The summed E-state index contributed by atoms with van der Waals surface area (Å²) >= 11 is 0. The number of likely N-dealkylation sites (N-methyl/N-ethyl adjacent to an activating group) is 1. The van der Waals surface area contributed by atoms with Crippen molar-refractivity contribution in [2.75, 3.05) is 19.9 Å². The number of amides is 1. The van der Waals surface area contributed by atoms with Gasteiger partial charge in [0.1, 0.15) is 11.3 Å². The van der Waals surface area contributed by atoms with Crippen molar-refractivity contribution in [3.63, 3.8) is 0 Å². The molecule has 1 amide bonds. The molecule has 1 atom stereocenters. The first-order valence-electron chi connectivity index (χ1n) is 5.35. The van der Waals surface area contributed by atoms with Crippen LogP contribution >= 0.6 is 0 Å². The summed E-state index contributed by atoms with van der Waals surface area (Å²) in [5.74, 6) is -0.625. The number of hydrogen-bond acceptors (Lipinski definition) is 5. The van der Waals surface area contributed by atoms with Crippen LogP contribution in [0.15, 0.2) is 18.2 Å². The number of ether oxygens (including phenoxy) is 2. The molecule has 0 aromatic heterocycles. The van der Waals surface area contributed by atoms with Crippen molar-refractivity contribution in [1.29, 1.82) is 0 Å². The van der Waals surface area contributed by atoms with Crippen LogP contribution in [-0.4, -0.2) is 32.1 Å². The molecule has 0 spiro atoms. The van der Waals surface area contributed by atoms with E-state index in [1.807, 2.05) is 0 Å². The molecule has 1 aromatic rings. The molecule has 3 N–H and O–H groups in total. The summed E-state index contributed by atoms with van der Waals surface area (Å²) < 4.78 is 10.0. The Morgan fingerprint density at radius 3 is 2.61 bits per heavy atom. The summed E-state index contributed by atoms with van der Waals surface area (Å²) in [6.07, 6.45) is -0.736. The van der Waals surface area contributed by atoms with Crippen LogP contribution in [0.3, 0.4) is 0 Å². The number of anilines is 1. The molecule has 0 radical (unpaired) electrons. The Bertz CT molecular complexity index is 459. The lowest BCUT2D eigenvalue weighted by Gasteiger charge is -2.15. The molecular weight excluding hydrogens is 236 g/mol. The van der Waals surface area contributed by atoms with Crippen LogP contribution in [0.4, 0.5) is 5.69 Å². The molecule has 0 aliphatic carbocycles. The molecule has 0 saturated heterocycles. The minimum absolute atomic E-state index is 0.220. The maximum Gasteiger partial charge on any atom is 0.341 e. The van der Waals surface area contributed by atoms with Gasteiger partial charge in [-0.25, -0.2) is 4.79 Å². The topological polar surface area (TPSA) is 90.6 Å². The lowest BCUT2D eigenvalue weighted by atomic mass is 10.2. The van der Waals surface area contributed by atoms with Crippen LogP contribution in [0.25, 0.3) is 0 Å². The number of esters is 1. The molecule has 0 saturated carbocycles. The van der Waals surface area contributed by atoms with Gasteiger partial charge < -0.3 is 20.5 Å². The second-order valence-corrected chi connectivity index (χ2v) is 3.62. The minimum atomic E-state index is -0.736. The second-order valence-electron chi connectivity index (χ2n) is 3.62. The van der Waals surface area contributed by atoms with Crippen LogP contribution in [0.1, 0.15) is 17.3 Å². The van der Waals surface area contributed by atoms with E-state index in [1.165, 1.54) is 26.3 Å². The average Bonchev–Trinajstić information content (AvgIpc) is 2.37. The minimum Gasteiger partial charge on any atom is -0.480 e. The van der Waals surface area contributed by atoms with Crippen LogP contribution in [0.2, 0.25) is 0 Å². The lowest BCUT2D eigenvalue weighted by molar-refractivity contribution is -0.126. The first-order chi connectivity index (χ1) is 8.49. The highest BCUT2D eigenvalue weighted by molar-refractivity contribution is 5.93. The van der Waals surface area contributed by atoms with E-state index in [9.17, 15) is 9.59 Å². The first kappa shape index (κ1) is 13.8. The molecule has 0 aliphatic rings. The van der Waals surface area contributed by atoms with Gasteiger partial charge in [-0.15, -0.1) is 0 Å². The number of methoxy groups -OCH3 is 1. The number of benzene rings is 1. The van der Waals surface area contributed by atoms with Gasteiger partial charge in [0.05, 0.1) is 7.11 Å². The normalized spacial score (nSPS) is 11.5. The van der Waals surface area contributed by atoms with E-state index in [4.69, 9.17) is 10.5 Å². The molecule has 0 bridgehead atoms. The third-order valence-electron chi connectivity index (χ3n) is 2.33. The fourth-order valence-electron chi connectivity index (χ4n) is 1.36. The quantitative estimate of drug-likeness (QED) is 0.604. The van der Waals surface area contributed by atoms with Gasteiger partial charge in [-0.05, 0) is 19.1 Å². The van der Waals surface area contributed by atoms with Crippen molar-refractivity contribution in [3.05, 3.63) is 23.8 Å². The summed E-state index contributed by atoms with van der Waals surface area (Å²) in [5.41, 5.74) is 6.28. The van der Waals surface area contributed by atoms with Crippen LogP contribution in [0, 0.1) is 0 Å². The average molecular weight is 252 g/mol. The van der Waals surface area contributed by atoms with Crippen molar-refractivity contribution in [3.8, 4) is 5.75 Å². The third-order valence-corrected chi connectivity index (χ3v) is 2.33. The van der Waals surface area contributed by atoms with Crippen molar-refractivity contribution in [2.24, 2.45) is 0 Å². The Labute approximate surface area is 105 Å². The Kier molecular flexibility index (Phi) is 4.53. The van der Waals surface area contributed by atoms with Gasteiger partial charge in [-0.3, -0.25) is 4.79 Å². The number of nitrogens with two attached hydrogens (primary N) is 1. The summed E-state index contributed by atoms with van der Waals surface area (Å²) in [6, 6.07) is 4.53. The highest BCUT2D eigenvalue weighted by Gasteiger charge is 2.18. The Morgan fingerprint density at radius 1 is 1.39 bits per heavy atom. The first-order valence-corrected chi connectivity index (χ1v) is 5.35. The van der Waals surface area contributed by atoms with Gasteiger partial charge in [0.2, 0.25) is 0 Å². The van der Waals surface area contributed by atoms with E-state index < -0.39 is 12.1 Å². The zero-order valence-corrected chi connectivity index (χ0v) is 10.5.